The number of thioether (sulfide) groups is 1. The van der Waals surface area contributed by atoms with Gasteiger partial charge in [-0.25, -0.2) is 0 Å². The topological polar surface area (TPSA) is 84.5 Å². The molecule has 24 heavy (non-hydrogen) atoms. The first-order valence-corrected chi connectivity index (χ1v) is 8.72. The van der Waals surface area contributed by atoms with Crippen LogP contribution in [0.4, 0.5) is 5.69 Å². The van der Waals surface area contributed by atoms with Gasteiger partial charge in [0.15, 0.2) is 6.61 Å². The average molecular weight is 350 g/mol. The number of anilines is 1. The molecule has 6 nitrogen and oxygen atoms in total. The van der Waals surface area contributed by atoms with E-state index in [0.717, 1.165) is 17.0 Å². The Morgan fingerprint density at radius 1 is 1.33 bits per heavy atom. The molecule has 0 bridgehead atoms. The number of benzene rings is 1. The second-order valence-electron chi connectivity index (χ2n) is 6.24. The summed E-state index contributed by atoms with van der Waals surface area (Å²) in [4.78, 5) is 36.6. The molecule has 2 rings (SSSR count). The first-order valence-electron chi connectivity index (χ1n) is 7.84. The van der Waals surface area contributed by atoms with Crippen molar-refractivity contribution in [3.05, 3.63) is 24.3 Å². The molecule has 2 N–H and O–H groups in total. The Bertz CT molecular complexity index is 645. The second-order valence-corrected chi connectivity index (χ2v) is 7.49. The van der Waals surface area contributed by atoms with Crippen LogP contribution in [0.3, 0.4) is 0 Å². The summed E-state index contributed by atoms with van der Waals surface area (Å²) in [5.74, 6) is -1.14. The minimum absolute atomic E-state index is 0.0741. The van der Waals surface area contributed by atoms with Crippen LogP contribution in [0.15, 0.2) is 29.2 Å². The van der Waals surface area contributed by atoms with Gasteiger partial charge in [-0.2, -0.15) is 0 Å². The van der Waals surface area contributed by atoms with Gasteiger partial charge < -0.3 is 15.4 Å². The summed E-state index contributed by atoms with van der Waals surface area (Å²) in [6.45, 7) is 5.42. The molecule has 1 aromatic carbocycles. The number of amides is 2. The Morgan fingerprint density at radius 2 is 2.04 bits per heavy atom. The predicted octanol–water partition coefficient (Wildman–Crippen LogP) is 2.34. The van der Waals surface area contributed by atoms with Gasteiger partial charge in [-0.15, -0.1) is 11.8 Å². The summed E-state index contributed by atoms with van der Waals surface area (Å²) < 4.78 is 4.99. The molecule has 0 saturated heterocycles. The number of carbonyl (C=O) groups excluding carboxylic acids is 3. The molecule has 0 spiro atoms. The molecule has 0 fully saturated rings. The SMILES string of the molecule is CCC(C)(C)NC(=O)COC(=O)C[C@H]1Sc2ccccc2NC1=O. The average Bonchev–Trinajstić information content (AvgIpc) is 2.53. The molecular formula is C17H22N2O4S. The summed E-state index contributed by atoms with van der Waals surface area (Å²) >= 11 is 1.33. The van der Waals surface area contributed by atoms with E-state index in [1.807, 2.05) is 45.0 Å². The van der Waals surface area contributed by atoms with Gasteiger partial charge in [0.2, 0.25) is 5.91 Å². The summed E-state index contributed by atoms with van der Waals surface area (Å²) in [5, 5.41) is 5.00. The van der Waals surface area contributed by atoms with Crippen molar-refractivity contribution in [3.8, 4) is 0 Å². The first kappa shape index (κ1) is 18.3. The number of hydrogen-bond acceptors (Lipinski definition) is 5. The van der Waals surface area contributed by atoms with E-state index in [0.29, 0.717) is 0 Å². The quantitative estimate of drug-likeness (QED) is 0.769. The van der Waals surface area contributed by atoms with Crippen molar-refractivity contribution < 1.29 is 19.1 Å². The van der Waals surface area contributed by atoms with E-state index >= 15 is 0 Å². The van der Waals surface area contributed by atoms with Crippen molar-refractivity contribution in [2.24, 2.45) is 0 Å². The third-order valence-electron chi connectivity index (χ3n) is 3.78. The van der Waals surface area contributed by atoms with Gasteiger partial charge in [0.05, 0.1) is 17.4 Å². The Kier molecular flexibility index (Phi) is 5.88. The molecule has 0 aromatic heterocycles. The fourth-order valence-electron chi connectivity index (χ4n) is 2.09. The third kappa shape index (κ3) is 4.99. The maximum absolute atomic E-state index is 12.0. The molecule has 0 unspecified atom stereocenters. The van der Waals surface area contributed by atoms with Gasteiger partial charge in [0, 0.05) is 10.4 Å². The lowest BCUT2D eigenvalue weighted by molar-refractivity contribution is -0.149. The summed E-state index contributed by atoms with van der Waals surface area (Å²) in [7, 11) is 0. The Balaban J connectivity index is 1.83. The summed E-state index contributed by atoms with van der Waals surface area (Å²) in [6.07, 6.45) is 0.695. The number of hydrogen-bond donors (Lipinski definition) is 2. The fourth-order valence-corrected chi connectivity index (χ4v) is 3.18. The van der Waals surface area contributed by atoms with Crippen LogP contribution >= 0.6 is 11.8 Å². The van der Waals surface area contributed by atoms with Crippen molar-refractivity contribution in [2.75, 3.05) is 11.9 Å². The van der Waals surface area contributed by atoms with Crippen LogP contribution in [0.25, 0.3) is 0 Å². The zero-order chi connectivity index (χ0) is 17.7. The largest absolute Gasteiger partial charge is 0.456 e. The molecule has 0 saturated carbocycles. The van der Waals surface area contributed by atoms with Gasteiger partial charge in [0.25, 0.3) is 5.91 Å². The number of nitrogens with one attached hydrogen (secondary N) is 2. The molecule has 1 heterocycles. The smallest absolute Gasteiger partial charge is 0.307 e. The van der Waals surface area contributed by atoms with Gasteiger partial charge in [-0.05, 0) is 32.4 Å². The monoisotopic (exact) mass is 350 g/mol. The number of ether oxygens (including phenoxy) is 1. The number of carbonyl (C=O) groups is 3. The normalized spacial score (nSPS) is 16.8. The Labute approximate surface area is 145 Å². The lowest BCUT2D eigenvalue weighted by Gasteiger charge is -2.25. The van der Waals surface area contributed by atoms with Crippen LogP contribution in [-0.4, -0.2) is 35.2 Å². The molecule has 1 aromatic rings. The maximum atomic E-state index is 12.0. The molecule has 0 aliphatic carbocycles. The van der Waals surface area contributed by atoms with E-state index in [1.165, 1.54) is 11.8 Å². The number of rotatable bonds is 6. The van der Waals surface area contributed by atoms with Crippen LogP contribution in [-0.2, 0) is 19.1 Å². The van der Waals surface area contributed by atoms with Crippen molar-refractivity contribution in [1.82, 2.24) is 5.32 Å². The van der Waals surface area contributed by atoms with E-state index < -0.39 is 11.2 Å². The minimum atomic E-state index is -0.563. The molecule has 1 aliphatic heterocycles. The molecular weight excluding hydrogens is 328 g/mol. The summed E-state index contributed by atoms with van der Waals surface area (Å²) in [5.41, 5.74) is 0.407. The highest BCUT2D eigenvalue weighted by atomic mass is 32.2. The van der Waals surface area contributed by atoms with Crippen LogP contribution in [0.2, 0.25) is 0 Å². The van der Waals surface area contributed by atoms with E-state index in [-0.39, 0.29) is 30.4 Å². The summed E-state index contributed by atoms with van der Waals surface area (Å²) in [6, 6.07) is 7.41. The molecule has 1 atom stereocenters. The van der Waals surface area contributed by atoms with E-state index in [9.17, 15) is 14.4 Å². The molecule has 130 valence electrons. The van der Waals surface area contributed by atoms with E-state index in [2.05, 4.69) is 10.6 Å². The van der Waals surface area contributed by atoms with Crippen molar-refractivity contribution in [3.63, 3.8) is 0 Å². The highest BCUT2D eigenvalue weighted by Crippen LogP contribution is 2.36. The third-order valence-corrected chi connectivity index (χ3v) is 5.06. The first-order chi connectivity index (χ1) is 11.3. The van der Waals surface area contributed by atoms with Crippen molar-refractivity contribution >= 4 is 35.2 Å². The fraction of sp³-hybridized carbons (Fsp3) is 0.471. The zero-order valence-corrected chi connectivity index (χ0v) is 14.9. The van der Waals surface area contributed by atoms with Crippen LogP contribution in [0.1, 0.15) is 33.6 Å². The van der Waals surface area contributed by atoms with Crippen LogP contribution in [0.5, 0.6) is 0 Å². The van der Waals surface area contributed by atoms with E-state index in [4.69, 9.17) is 4.74 Å². The van der Waals surface area contributed by atoms with Gasteiger partial charge in [0.1, 0.15) is 0 Å². The highest BCUT2D eigenvalue weighted by Gasteiger charge is 2.29. The number of esters is 1. The van der Waals surface area contributed by atoms with Crippen molar-refractivity contribution in [1.29, 1.82) is 0 Å². The standard InChI is InChI=1S/C17H22N2O4S/c1-4-17(2,3)19-14(20)10-23-15(21)9-13-16(22)18-11-7-5-6-8-12(11)24-13/h5-8,13H,4,9-10H2,1-3H3,(H,18,22)(H,19,20)/t13-/m1/s1. The Morgan fingerprint density at radius 3 is 2.75 bits per heavy atom. The van der Waals surface area contributed by atoms with Gasteiger partial charge in [-0.1, -0.05) is 19.1 Å². The molecule has 7 heteroatoms. The molecule has 0 radical (unpaired) electrons. The predicted molar refractivity (Wildman–Crippen MR) is 92.8 cm³/mol. The maximum Gasteiger partial charge on any atom is 0.307 e. The van der Waals surface area contributed by atoms with Crippen LogP contribution < -0.4 is 10.6 Å². The lowest BCUT2D eigenvalue weighted by atomic mass is 10.0. The highest BCUT2D eigenvalue weighted by molar-refractivity contribution is 8.01. The molecule has 1 aliphatic rings. The molecule has 2 amide bonds. The van der Waals surface area contributed by atoms with Crippen molar-refractivity contribution in [2.45, 2.75) is 49.3 Å². The van der Waals surface area contributed by atoms with Crippen LogP contribution in [0, 0.1) is 0 Å². The number of fused-ring (bicyclic) bond motifs is 1. The second kappa shape index (κ2) is 7.70. The van der Waals surface area contributed by atoms with Gasteiger partial charge in [-0.3, -0.25) is 14.4 Å². The van der Waals surface area contributed by atoms with Gasteiger partial charge >= 0.3 is 5.97 Å². The lowest BCUT2D eigenvalue weighted by Crippen LogP contribution is -2.44. The zero-order valence-electron chi connectivity index (χ0n) is 14.0. The minimum Gasteiger partial charge on any atom is -0.456 e. The van der Waals surface area contributed by atoms with E-state index in [1.54, 1.807) is 0 Å². The Hall–Kier alpha value is -2.02. The number of para-hydroxylation sites is 1.